The standard InChI is InChI=1S/C13H11BrClN3O/c14-9-5-13(19)18(7-9)12-6-11(16-17-12)8-2-1-3-10(15)4-8/h1-4,6,9H,5,7H2,(H,16,17). The van der Waals surface area contributed by atoms with Gasteiger partial charge in [-0.3, -0.25) is 14.8 Å². The van der Waals surface area contributed by atoms with Crippen molar-refractivity contribution in [2.45, 2.75) is 11.2 Å². The van der Waals surface area contributed by atoms with Crippen molar-refractivity contribution in [3.63, 3.8) is 0 Å². The molecule has 0 bridgehead atoms. The number of hydrogen-bond acceptors (Lipinski definition) is 2. The summed E-state index contributed by atoms with van der Waals surface area (Å²) in [5.74, 6) is 0.743. The topological polar surface area (TPSA) is 49.0 Å². The Bertz CT molecular complexity index is 628. The van der Waals surface area contributed by atoms with Gasteiger partial charge in [-0.25, -0.2) is 0 Å². The van der Waals surface area contributed by atoms with Gasteiger partial charge in [0.1, 0.15) is 0 Å². The fourth-order valence-electron chi connectivity index (χ4n) is 2.14. The Morgan fingerprint density at radius 2 is 2.26 bits per heavy atom. The number of amides is 1. The fourth-order valence-corrected chi connectivity index (χ4v) is 2.90. The van der Waals surface area contributed by atoms with Crippen molar-refractivity contribution in [1.82, 2.24) is 10.2 Å². The van der Waals surface area contributed by atoms with Crippen LogP contribution in [0.4, 0.5) is 5.82 Å². The number of halogens is 2. The van der Waals surface area contributed by atoms with E-state index in [1.165, 1.54) is 0 Å². The van der Waals surface area contributed by atoms with E-state index < -0.39 is 0 Å². The summed E-state index contributed by atoms with van der Waals surface area (Å²) in [6.45, 7) is 0.651. The van der Waals surface area contributed by atoms with Crippen molar-refractivity contribution in [1.29, 1.82) is 0 Å². The monoisotopic (exact) mass is 339 g/mol. The van der Waals surface area contributed by atoms with Crippen LogP contribution in [-0.2, 0) is 4.79 Å². The Hall–Kier alpha value is -1.33. The average molecular weight is 341 g/mol. The predicted octanol–water partition coefficient (Wildman–Crippen LogP) is 3.23. The largest absolute Gasteiger partial charge is 0.294 e. The van der Waals surface area contributed by atoms with E-state index in [1.54, 1.807) is 4.90 Å². The van der Waals surface area contributed by atoms with E-state index in [2.05, 4.69) is 26.1 Å². The van der Waals surface area contributed by atoms with E-state index in [-0.39, 0.29) is 10.7 Å². The van der Waals surface area contributed by atoms with Crippen LogP contribution in [-0.4, -0.2) is 27.5 Å². The molecule has 1 amide bonds. The molecule has 1 atom stereocenters. The van der Waals surface area contributed by atoms with E-state index in [0.717, 1.165) is 11.3 Å². The number of anilines is 1. The SMILES string of the molecule is O=C1CC(Br)CN1c1cc(-c2cccc(Cl)c2)[nH]n1. The number of aromatic amines is 1. The van der Waals surface area contributed by atoms with Crippen LogP contribution in [0.15, 0.2) is 30.3 Å². The average Bonchev–Trinajstić information content (AvgIpc) is 2.96. The van der Waals surface area contributed by atoms with Crippen LogP contribution in [0.1, 0.15) is 6.42 Å². The van der Waals surface area contributed by atoms with E-state index >= 15 is 0 Å². The summed E-state index contributed by atoms with van der Waals surface area (Å²) in [5.41, 5.74) is 1.80. The molecule has 1 aliphatic heterocycles. The van der Waals surface area contributed by atoms with Gasteiger partial charge < -0.3 is 0 Å². The molecule has 0 radical (unpaired) electrons. The maximum absolute atomic E-state index is 11.8. The number of hydrogen-bond donors (Lipinski definition) is 1. The Labute approximate surface area is 123 Å². The third-order valence-electron chi connectivity index (χ3n) is 3.05. The number of rotatable bonds is 2. The highest BCUT2D eigenvalue weighted by Gasteiger charge is 2.30. The van der Waals surface area contributed by atoms with Crippen molar-refractivity contribution in [2.24, 2.45) is 0 Å². The van der Waals surface area contributed by atoms with Crippen LogP contribution in [0.2, 0.25) is 5.02 Å². The second-order valence-corrected chi connectivity index (χ2v) is 6.19. The molecule has 6 heteroatoms. The number of nitrogens with zero attached hydrogens (tertiary/aromatic N) is 2. The minimum atomic E-state index is 0.0889. The molecule has 0 spiro atoms. The quantitative estimate of drug-likeness (QED) is 0.853. The predicted molar refractivity (Wildman–Crippen MR) is 78.7 cm³/mol. The van der Waals surface area contributed by atoms with Crippen LogP contribution < -0.4 is 4.90 Å². The summed E-state index contributed by atoms with van der Waals surface area (Å²) in [6.07, 6.45) is 0.513. The summed E-state index contributed by atoms with van der Waals surface area (Å²) < 4.78 is 0. The number of alkyl halides is 1. The van der Waals surface area contributed by atoms with Crippen LogP contribution in [0.25, 0.3) is 11.3 Å². The van der Waals surface area contributed by atoms with Crippen molar-refractivity contribution < 1.29 is 4.79 Å². The smallest absolute Gasteiger partial charge is 0.229 e. The number of H-pyrrole nitrogens is 1. The van der Waals surface area contributed by atoms with Crippen LogP contribution in [0, 0.1) is 0 Å². The molecule has 2 aromatic rings. The molecule has 3 rings (SSSR count). The lowest BCUT2D eigenvalue weighted by Crippen LogP contribution is -2.24. The summed E-state index contributed by atoms with van der Waals surface area (Å²) in [6, 6.07) is 9.38. The zero-order valence-corrected chi connectivity index (χ0v) is 12.3. The molecule has 1 N–H and O–H groups in total. The molecule has 1 unspecified atom stereocenters. The lowest BCUT2D eigenvalue weighted by Gasteiger charge is -2.10. The Balaban J connectivity index is 1.90. The number of benzene rings is 1. The lowest BCUT2D eigenvalue weighted by molar-refractivity contribution is -0.117. The summed E-state index contributed by atoms with van der Waals surface area (Å²) in [7, 11) is 0. The number of carbonyl (C=O) groups excluding carboxylic acids is 1. The molecule has 1 saturated heterocycles. The van der Waals surface area contributed by atoms with E-state index in [1.807, 2.05) is 30.3 Å². The molecule has 0 saturated carbocycles. The van der Waals surface area contributed by atoms with Crippen molar-refractivity contribution in [3.8, 4) is 11.3 Å². The third kappa shape index (κ3) is 2.53. The van der Waals surface area contributed by atoms with Gasteiger partial charge in [0.2, 0.25) is 5.91 Å². The van der Waals surface area contributed by atoms with Gasteiger partial charge >= 0.3 is 0 Å². The minimum Gasteiger partial charge on any atom is -0.294 e. The van der Waals surface area contributed by atoms with Crippen molar-refractivity contribution in [3.05, 3.63) is 35.4 Å². The number of carbonyl (C=O) groups is 1. The molecule has 1 aromatic heterocycles. The van der Waals surface area contributed by atoms with Crippen LogP contribution in [0.5, 0.6) is 0 Å². The molecule has 1 aromatic carbocycles. The molecule has 1 aliphatic rings. The third-order valence-corrected chi connectivity index (χ3v) is 3.90. The van der Waals surface area contributed by atoms with Crippen molar-refractivity contribution in [2.75, 3.05) is 11.4 Å². The minimum absolute atomic E-state index is 0.0889. The summed E-state index contributed by atoms with van der Waals surface area (Å²) in [4.78, 5) is 13.7. The molecule has 19 heavy (non-hydrogen) atoms. The van der Waals surface area contributed by atoms with Gasteiger partial charge in [-0.1, -0.05) is 39.7 Å². The number of nitrogens with one attached hydrogen (secondary N) is 1. The molecular formula is C13H11BrClN3O. The van der Waals surface area contributed by atoms with E-state index in [9.17, 15) is 4.79 Å². The summed E-state index contributed by atoms with van der Waals surface area (Å²) in [5, 5.41) is 7.82. The van der Waals surface area contributed by atoms with Crippen LogP contribution in [0.3, 0.4) is 0 Å². The van der Waals surface area contributed by atoms with Gasteiger partial charge in [-0.05, 0) is 12.1 Å². The van der Waals surface area contributed by atoms with Gasteiger partial charge in [-0.2, -0.15) is 5.10 Å². The first-order valence-corrected chi connectivity index (χ1v) is 7.18. The van der Waals surface area contributed by atoms with Gasteiger partial charge in [0.25, 0.3) is 0 Å². The first-order valence-electron chi connectivity index (χ1n) is 5.89. The second-order valence-electron chi connectivity index (χ2n) is 4.46. The van der Waals surface area contributed by atoms with Gasteiger partial charge in [0, 0.05) is 34.4 Å². The molecule has 0 aliphatic carbocycles. The van der Waals surface area contributed by atoms with Gasteiger partial charge in [0.15, 0.2) is 5.82 Å². The normalized spacial score (nSPS) is 19.2. The Morgan fingerprint density at radius 1 is 1.42 bits per heavy atom. The highest BCUT2D eigenvalue weighted by molar-refractivity contribution is 9.09. The Kier molecular flexibility index (Phi) is 3.33. The molecular weight excluding hydrogens is 330 g/mol. The highest BCUT2D eigenvalue weighted by Crippen LogP contribution is 2.28. The van der Waals surface area contributed by atoms with Crippen LogP contribution >= 0.6 is 27.5 Å². The summed E-state index contributed by atoms with van der Waals surface area (Å²) >= 11 is 9.43. The van der Waals surface area contributed by atoms with E-state index in [0.29, 0.717) is 23.8 Å². The fraction of sp³-hybridized carbons (Fsp3) is 0.231. The Morgan fingerprint density at radius 3 is 2.95 bits per heavy atom. The maximum Gasteiger partial charge on any atom is 0.229 e. The first-order chi connectivity index (χ1) is 9.13. The van der Waals surface area contributed by atoms with Gasteiger partial charge in [0.05, 0.1) is 5.69 Å². The number of aromatic nitrogens is 2. The first kappa shape index (κ1) is 12.7. The zero-order valence-electron chi connectivity index (χ0n) is 9.94. The molecule has 2 heterocycles. The lowest BCUT2D eigenvalue weighted by atomic mass is 10.1. The molecule has 4 nitrogen and oxygen atoms in total. The maximum atomic E-state index is 11.8. The zero-order chi connectivity index (χ0) is 13.4. The molecule has 1 fully saturated rings. The molecule has 98 valence electrons. The van der Waals surface area contributed by atoms with Gasteiger partial charge in [-0.15, -0.1) is 0 Å². The van der Waals surface area contributed by atoms with Crippen molar-refractivity contribution >= 4 is 39.3 Å². The second kappa shape index (κ2) is 4.98. The highest BCUT2D eigenvalue weighted by atomic mass is 79.9. The van der Waals surface area contributed by atoms with E-state index in [4.69, 9.17) is 11.6 Å².